The summed E-state index contributed by atoms with van der Waals surface area (Å²) in [5.74, 6) is 1.50. The molecule has 2 unspecified atom stereocenters. The van der Waals surface area contributed by atoms with E-state index in [0.717, 1.165) is 18.7 Å². The van der Waals surface area contributed by atoms with Crippen molar-refractivity contribution in [1.82, 2.24) is 5.32 Å². The van der Waals surface area contributed by atoms with Gasteiger partial charge in [0, 0.05) is 6.04 Å². The van der Waals surface area contributed by atoms with Gasteiger partial charge in [0.15, 0.2) is 0 Å². The summed E-state index contributed by atoms with van der Waals surface area (Å²) in [4.78, 5) is 0. The largest absolute Gasteiger partial charge is 0.497 e. The molecule has 16 heavy (non-hydrogen) atoms. The van der Waals surface area contributed by atoms with Crippen LogP contribution in [0.15, 0.2) is 24.3 Å². The predicted octanol–water partition coefficient (Wildman–Crippen LogP) is 3.19. The summed E-state index contributed by atoms with van der Waals surface area (Å²) in [7, 11) is 1.71. The molecule has 0 fully saturated rings. The SMILES string of the molecule is CCNC(C)CC(C)c1cccc(OC)c1. The topological polar surface area (TPSA) is 21.3 Å². The van der Waals surface area contributed by atoms with Crippen molar-refractivity contribution in [2.24, 2.45) is 0 Å². The fourth-order valence-electron chi connectivity index (χ4n) is 2.05. The molecule has 1 rings (SSSR count). The third-order valence-electron chi connectivity index (χ3n) is 2.92. The lowest BCUT2D eigenvalue weighted by Crippen LogP contribution is -2.26. The van der Waals surface area contributed by atoms with Gasteiger partial charge in [-0.1, -0.05) is 26.0 Å². The molecule has 0 amide bonds. The van der Waals surface area contributed by atoms with E-state index in [2.05, 4.69) is 44.3 Å². The lowest BCUT2D eigenvalue weighted by atomic mass is 9.94. The van der Waals surface area contributed by atoms with Crippen molar-refractivity contribution in [3.8, 4) is 5.75 Å². The zero-order valence-corrected chi connectivity index (χ0v) is 10.8. The third kappa shape index (κ3) is 3.86. The van der Waals surface area contributed by atoms with Gasteiger partial charge >= 0.3 is 0 Å². The molecular weight excluding hydrogens is 198 g/mol. The molecule has 0 radical (unpaired) electrons. The van der Waals surface area contributed by atoms with Gasteiger partial charge < -0.3 is 10.1 Å². The molecule has 0 heterocycles. The first-order valence-electron chi connectivity index (χ1n) is 6.04. The molecule has 1 aromatic rings. The highest BCUT2D eigenvalue weighted by Crippen LogP contribution is 2.24. The summed E-state index contributed by atoms with van der Waals surface area (Å²) in [6.45, 7) is 7.68. The van der Waals surface area contributed by atoms with Gasteiger partial charge in [-0.3, -0.25) is 0 Å². The van der Waals surface area contributed by atoms with Crippen molar-refractivity contribution in [3.05, 3.63) is 29.8 Å². The minimum Gasteiger partial charge on any atom is -0.497 e. The summed E-state index contributed by atoms with van der Waals surface area (Å²) >= 11 is 0. The van der Waals surface area contributed by atoms with E-state index >= 15 is 0 Å². The van der Waals surface area contributed by atoms with Crippen LogP contribution in [0, 0.1) is 0 Å². The number of benzene rings is 1. The Morgan fingerprint density at radius 3 is 2.69 bits per heavy atom. The Hall–Kier alpha value is -1.02. The Bertz CT molecular complexity index is 311. The zero-order chi connectivity index (χ0) is 12.0. The van der Waals surface area contributed by atoms with Crippen LogP contribution in [0.1, 0.15) is 38.7 Å². The molecule has 0 aromatic heterocycles. The van der Waals surface area contributed by atoms with E-state index in [9.17, 15) is 0 Å². The number of ether oxygens (including phenoxy) is 1. The van der Waals surface area contributed by atoms with Crippen LogP contribution in [0.5, 0.6) is 5.75 Å². The molecule has 2 atom stereocenters. The molecule has 0 spiro atoms. The van der Waals surface area contributed by atoms with Crippen molar-refractivity contribution in [3.63, 3.8) is 0 Å². The highest BCUT2D eigenvalue weighted by Gasteiger charge is 2.10. The molecule has 0 saturated carbocycles. The summed E-state index contributed by atoms with van der Waals surface area (Å²) in [5, 5.41) is 3.44. The molecule has 90 valence electrons. The summed E-state index contributed by atoms with van der Waals surface area (Å²) in [5.41, 5.74) is 1.35. The Kier molecular flexibility index (Phi) is 5.33. The summed E-state index contributed by atoms with van der Waals surface area (Å²) in [6.07, 6.45) is 1.15. The first kappa shape index (κ1) is 13.0. The number of rotatable bonds is 6. The number of hydrogen-bond donors (Lipinski definition) is 1. The molecule has 0 aliphatic carbocycles. The van der Waals surface area contributed by atoms with E-state index in [1.54, 1.807) is 7.11 Å². The molecule has 0 aliphatic rings. The van der Waals surface area contributed by atoms with Gasteiger partial charge in [0.2, 0.25) is 0 Å². The molecule has 2 heteroatoms. The Morgan fingerprint density at radius 2 is 2.06 bits per heavy atom. The van der Waals surface area contributed by atoms with Gasteiger partial charge in [0.25, 0.3) is 0 Å². The predicted molar refractivity (Wildman–Crippen MR) is 69.2 cm³/mol. The molecule has 0 aliphatic heterocycles. The fraction of sp³-hybridized carbons (Fsp3) is 0.571. The molecule has 0 saturated heterocycles. The van der Waals surface area contributed by atoms with Crippen molar-refractivity contribution in [2.75, 3.05) is 13.7 Å². The smallest absolute Gasteiger partial charge is 0.119 e. The number of hydrogen-bond acceptors (Lipinski definition) is 2. The highest BCUT2D eigenvalue weighted by molar-refractivity contribution is 5.30. The third-order valence-corrected chi connectivity index (χ3v) is 2.92. The summed E-state index contributed by atoms with van der Waals surface area (Å²) < 4.78 is 5.24. The molecule has 1 aromatic carbocycles. The van der Waals surface area contributed by atoms with Gasteiger partial charge in [-0.25, -0.2) is 0 Å². The lowest BCUT2D eigenvalue weighted by molar-refractivity contribution is 0.413. The number of methoxy groups -OCH3 is 1. The highest BCUT2D eigenvalue weighted by atomic mass is 16.5. The van der Waals surface area contributed by atoms with E-state index in [-0.39, 0.29) is 0 Å². The van der Waals surface area contributed by atoms with Crippen LogP contribution >= 0.6 is 0 Å². The Balaban J connectivity index is 2.61. The maximum absolute atomic E-state index is 5.24. The second-order valence-corrected chi connectivity index (χ2v) is 4.37. The maximum Gasteiger partial charge on any atom is 0.119 e. The van der Waals surface area contributed by atoms with Gasteiger partial charge in [-0.15, -0.1) is 0 Å². The van der Waals surface area contributed by atoms with Crippen LogP contribution in [0.3, 0.4) is 0 Å². The van der Waals surface area contributed by atoms with E-state index in [1.807, 2.05) is 6.07 Å². The standard InChI is InChI=1S/C14H23NO/c1-5-15-12(3)9-11(2)13-7-6-8-14(10-13)16-4/h6-8,10-12,15H,5,9H2,1-4H3. The second kappa shape index (κ2) is 6.54. The quantitative estimate of drug-likeness (QED) is 0.796. The van der Waals surface area contributed by atoms with Crippen LogP contribution in [-0.4, -0.2) is 19.7 Å². The first-order valence-corrected chi connectivity index (χ1v) is 6.04. The molecule has 0 bridgehead atoms. The van der Waals surface area contributed by atoms with E-state index < -0.39 is 0 Å². The van der Waals surface area contributed by atoms with E-state index in [1.165, 1.54) is 5.56 Å². The second-order valence-electron chi connectivity index (χ2n) is 4.37. The van der Waals surface area contributed by atoms with Crippen LogP contribution in [0.4, 0.5) is 0 Å². The minimum atomic E-state index is 0.559. The normalized spacial score (nSPS) is 14.5. The maximum atomic E-state index is 5.24. The van der Waals surface area contributed by atoms with Gasteiger partial charge in [-0.05, 0) is 43.5 Å². The summed E-state index contributed by atoms with van der Waals surface area (Å²) in [6, 6.07) is 8.91. The minimum absolute atomic E-state index is 0.559. The van der Waals surface area contributed by atoms with Crippen LogP contribution in [-0.2, 0) is 0 Å². The molecule has 2 nitrogen and oxygen atoms in total. The average Bonchev–Trinajstić information content (AvgIpc) is 2.29. The van der Waals surface area contributed by atoms with Gasteiger partial charge in [0.05, 0.1) is 7.11 Å². The lowest BCUT2D eigenvalue weighted by Gasteiger charge is -2.18. The van der Waals surface area contributed by atoms with Gasteiger partial charge in [0.1, 0.15) is 5.75 Å². The zero-order valence-electron chi connectivity index (χ0n) is 10.8. The van der Waals surface area contributed by atoms with Crippen molar-refractivity contribution in [2.45, 2.75) is 39.2 Å². The number of nitrogens with one attached hydrogen (secondary N) is 1. The van der Waals surface area contributed by atoms with Crippen LogP contribution < -0.4 is 10.1 Å². The fourth-order valence-corrected chi connectivity index (χ4v) is 2.05. The van der Waals surface area contributed by atoms with Gasteiger partial charge in [-0.2, -0.15) is 0 Å². The van der Waals surface area contributed by atoms with E-state index in [0.29, 0.717) is 12.0 Å². The molecule has 1 N–H and O–H groups in total. The monoisotopic (exact) mass is 221 g/mol. The van der Waals surface area contributed by atoms with Crippen LogP contribution in [0.2, 0.25) is 0 Å². The first-order chi connectivity index (χ1) is 7.67. The van der Waals surface area contributed by atoms with Crippen LogP contribution in [0.25, 0.3) is 0 Å². The Labute approximate surface area is 99.0 Å². The Morgan fingerprint density at radius 1 is 1.31 bits per heavy atom. The van der Waals surface area contributed by atoms with E-state index in [4.69, 9.17) is 4.74 Å². The molecular formula is C14H23NO. The van der Waals surface area contributed by atoms with Crippen molar-refractivity contribution in [1.29, 1.82) is 0 Å². The average molecular weight is 221 g/mol. The van der Waals surface area contributed by atoms with Crippen molar-refractivity contribution < 1.29 is 4.74 Å². The van der Waals surface area contributed by atoms with Crippen molar-refractivity contribution >= 4 is 0 Å².